The third-order valence-corrected chi connectivity index (χ3v) is 5.84. The number of nitrogens with one attached hydrogen (secondary N) is 2. The second kappa shape index (κ2) is 11.9. The summed E-state index contributed by atoms with van der Waals surface area (Å²) >= 11 is 0. The Morgan fingerprint density at radius 3 is 2.24 bits per heavy atom. The van der Waals surface area contributed by atoms with E-state index >= 15 is 0 Å². The number of rotatable bonds is 9. The second-order valence-electron chi connectivity index (χ2n) is 8.73. The van der Waals surface area contributed by atoms with Gasteiger partial charge in [-0.25, -0.2) is 4.79 Å². The molecule has 0 fully saturated rings. The molecule has 0 aliphatic heterocycles. The predicted molar refractivity (Wildman–Crippen MR) is 140 cm³/mol. The largest absolute Gasteiger partial charge is 0.459 e. The van der Waals surface area contributed by atoms with Crippen molar-refractivity contribution in [3.05, 3.63) is 125 Å². The first-order valence-corrected chi connectivity index (χ1v) is 11.9. The zero-order valence-electron chi connectivity index (χ0n) is 20.6. The van der Waals surface area contributed by atoms with Gasteiger partial charge >= 0.3 is 5.97 Å². The minimum Gasteiger partial charge on any atom is -0.459 e. The Bertz CT molecular complexity index is 1350. The lowest BCUT2D eigenvalue weighted by molar-refractivity contribution is -0.156. The Balaban J connectivity index is 1.59. The highest BCUT2D eigenvalue weighted by Crippen LogP contribution is 2.23. The number of carbonyl (C=O) groups excluding carboxylic acids is 3. The maximum absolute atomic E-state index is 13.5. The van der Waals surface area contributed by atoms with E-state index in [4.69, 9.17) is 9.15 Å². The van der Waals surface area contributed by atoms with Crippen LogP contribution in [0.3, 0.4) is 0 Å². The van der Waals surface area contributed by atoms with Gasteiger partial charge < -0.3 is 19.8 Å². The maximum Gasteiger partial charge on any atom is 0.330 e. The number of furan rings is 1. The summed E-state index contributed by atoms with van der Waals surface area (Å²) in [6.45, 7) is 3.82. The number of hydrogen-bond donors (Lipinski definition) is 2. The minimum atomic E-state index is -1.23. The molecule has 2 N–H and O–H groups in total. The molecule has 0 saturated heterocycles. The van der Waals surface area contributed by atoms with Gasteiger partial charge in [0.25, 0.3) is 11.8 Å². The highest BCUT2D eigenvalue weighted by Gasteiger charge is 2.31. The maximum atomic E-state index is 13.5. The fourth-order valence-electron chi connectivity index (χ4n) is 3.85. The van der Waals surface area contributed by atoms with Gasteiger partial charge in [0.05, 0.1) is 6.26 Å². The number of ether oxygens (including phenoxy) is 1. The summed E-state index contributed by atoms with van der Waals surface area (Å²) in [5.74, 6) is -1.73. The molecule has 7 heteroatoms. The average Bonchev–Trinajstić information content (AvgIpc) is 3.45. The zero-order chi connectivity index (χ0) is 26.2. The monoisotopic (exact) mass is 496 g/mol. The van der Waals surface area contributed by atoms with E-state index in [0.717, 1.165) is 16.7 Å². The molecule has 188 valence electrons. The standard InChI is InChI=1S/C30H28N2O5/c1-20-15-16-21(2)24(18-20)31-29(34)27(23-12-7-4-8-13-23)37-30(35)25(19-22-10-5-3-6-11-22)32-28(33)26-14-9-17-36-26/h3-18,25,27H,19H2,1-2H3,(H,31,34)(H,32,33)/t25-,27-/m1/s1. The molecule has 4 aromatic rings. The molecule has 0 aliphatic carbocycles. The molecule has 0 saturated carbocycles. The van der Waals surface area contributed by atoms with Crippen LogP contribution >= 0.6 is 0 Å². The third-order valence-electron chi connectivity index (χ3n) is 5.84. The van der Waals surface area contributed by atoms with Crippen LogP contribution in [0.2, 0.25) is 0 Å². The first-order chi connectivity index (χ1) is 17.9. The lowest BCUT2D eigenvalue weighted by atomic mass is 10.0. The Kier molecular flexibility index (Phi) is 8.15. The van der Waals surface area contributed by atoms with Crippen LogP contribution in [0.1, 0.15) is 38.9 Å². The molecule has 0 aliphatic rings. The SMILES string of the molecule is Cc1ccc(C)c(NC(=O)[C@H](OC(=O)[C@@H](Cc2ccccc2)NC(=O)c2ccco2)c2ccccc2)c1. The van der Waals surface area contributed by atoms with Crippen molar-refractivity contribution in [1.82, 2.24) is 5.32 Å². The quantitative estimate of drug-likeness (QED) is 0.312. The molecule has 2 amide bonds. The molecule has 0 bridgehead atoms. The second-order valence-corrected chi connectivity index (χ2v) is 8.73. The zero-order valence-corrected chi connectivity index (χ0v) is 20.6. The number of benzene rings is 3. The molecule has 37 heavy (non-hydrogen) atoms. The van der Waals surface area contributed by atoms with E-state index in [9.17, 15) is 14.4 Å². The molecule has 1 aromatic heterocycles. The van der Waals surface area contributed by atoms with E-state index in [1.165, 1.54) is 12.3 Å². The van der Waals surface area contributed by atoms with Crippen LogP contribution in [-0.4, -0.2) is 23.8 Å². The minimum absolute atomic E-state index is 0.0677. The lowest BCUT2D eigenvalue weighted by Gasteiger charge is -2.23. The first kappa shape index (κ1) is 25.4. The number of amides is 2. The summed E-state index contributed by atoms with van der Waals surface area (Å²) in [5.41, 5.74) is 3.83. The Labute approximate surface area is 215 Å². The van der Waals surface area contributed by atoms with Gasteiger partial charge in [-0.05, 0) is 48.7 Å². The summed E-state index contributed by atoms with van der Waals surface area (Å²) < 4.78 is 11.0. The Morgan fingerprint density at radius 2 is 1.57 bits per heavy atom. The van der Waals surface area contributed by atoms with Crippen LogP contribution in [0.15, 0.2) is 102 Å². The van der Waals surface area contributed by atoms with E-state index in [2.05, 4.69) is 10.6 Å². The molecule has 0 unspecified atom stereocenters. The molecule has 0 spiro atoms. The van der Waals surface area contributed by atoms with Crippen LogP contribution in [0.4, 0.5) is 5.69 Å². The van der Waals surface area contributed by atoms with Gasteiger partial charge in [-0.2, -0.15) is 0 Å². The molecule has 2 atom stereocenters. The van der Waals surface area contributed by atoms with E-state index in [-0.39, 0.29) is 12.2 Å². The van der Waals surface area contributed by atoms with Gasteiger partial charge in [-0.15, -0.1) is 0 Å². The van der Waals surface area contributed by atoms with Crippen molar-refractivity contribution in [1.29, 1.82) is 0 Å². The smallest absolute Gasteiger partial charge is 0.330 e. The van der Waals surface area contributed by atoms with Crippen LogP contribution in [-0.2, 0) is 20.7 Å². The van der Waals surface area contributed by atoms with Gasteiger partial charge in [-0.1, -0.05) is 72.8 Å². The van der Waals surface area contributed by atoms with Crippen molar-refractivity contribution in [2.45, 2.75) is 32.4 Å². The van der Waals surface area contributed by atoms with Crippen molar-refractivity contribution < 1.29 is 23.5 Å². The van der Waals surface area contributed by atoms with Gasteiger partial charge in [0.1, 0.15) is 6.04 Å². The number of anilines is 1. The summed E-state index contributed by atoms with van der Waals surface area (Å²) in [6.07, 6.45) is 0.321. The predicted octanol–water partition coefficient (Wildman–Crippen LogP) is 5.16. The number of carbonyl (C=O) groups is 3. The van der Waals surface area contributed by atoms with Crippen molar-refractivity contribution >= 4 is 23.5 Å². The van der Waals surface area contributed by atoms with Crippen molar-refractivity contribution in [2.24, 2.45) is 0 Å². The molecule has 4 rings (SSSR count). The summed E-state index contributed by atoms with van der Waals surface area (Å²) in [5, 5.41) is 5.58. The van der Waals surface area contributed by atoms with Gasteiger partial charge in [0.15, 0.2) is 5.76 Å². The van der Waals surface area contributed by atoms with Gasteiger partial charge in [0.2, 0.25) is 6.10 Å². The van der Waals surface area contributed by atoms with E-state index < -0.39 is 29.9 Å². The number of hydrogen-bond acceptors (Lipinski definition) is 5. The lowest BCUT2D eigenvalue weighted by Crippen LogP contribution is -2.44. The average molecular weight is 497 g/mol. The molecular weight excluding hydrogens is 468 g/mol. The van der Waals surface area contributed by atoms with Crippen molar-refractivity contribution in [3.8, 4) is 0 Å². The molecular formula is C30H28N2O5. The highest BCUT2D eigenvalue weighted by molar-refractivity contribution is 5.98. The van der Waals surface area contributed by atoms with Crippen LogP contribution in [0, 0.1) is 13.8 Å². The fraction of sp³-hybridized carbons (Fsp3) is 0.167. The van der Waals surface area contributed by atoms with Crippen LogP contribution in [0.5, 0.6) is 0 Å². The van der Waals surface area contributed by atoms with Crippen molar-refractivity contribution in [2.75, 3.05) is 5.32 Å². The van der Waals surface area contributed by atoms with Crippen LogP contribution < -0.4 is 10.6 Å². The topological polar surface area (TPSA) is 97.6 Å². The Morgan fingerprint density at radius 1 is 0.865 bits per heavy atom. The van der Waals surface area contributed by atoms with Gasteiger partial charge in [0, 0.05) is 17.7 Å². The summed E-state index contributed by atoms with van der Waals surface area (Å²) in [7, 11) is 0. The Hall–Kier alpha value is -4.65. The van der Waals surface area contributed by atoms with Crippen LogP contribution in [0.25, 0.3) is 0 Å². The first-order valence-electron chi connectivity index (χ1n) is 11.9. The highest BCUT2D eigenvalue weighted by atomic mass is 16.5. The van der Waals surface area contributed by atoms with E-state index in [1.807, 2.05) is 68.4 Å². The molecule has 1 heterocycles. The number of aryl methyl sites for hydroxylation is 2. The molecule has 3 aromatic carbocycles. The summed E-state index contributed by atoms with van der Waals surface area (Å²) in [6, 6.07) is 25.8. The fourth-order valence-corrected chi connectivity index (χ4v) is 3.85. The van der Waals surface area contributed by atoms with Crippen molar-refractivity contribution in [3.63, 3.8) is 0 Å². The number of esters is 1. The molecule has 7 nitrogen and oxygen atoms in total. The van der Waals surface area contributed by atoms with E-state index in [1.54, 1.807) is 30.3 Å². The summed E-state index contributed by atoms with van der Waals surface area (Å²) in [4.78, 5) is 39.6. The third kappa shape index (κ3) is 6.73. The molecule has 0 radical (unpaired) electrons. The van der Waals surface area contributed by atoms with Gasteiger partial charge in [-0.3, -0.25) is 9.59 Å². The normalized spacial score (nSPS) is 12.3. The van der Waals surface area contributed by atoms with E-state index in [0.29, 0.717) is 11.3 Å².